The van der Waals surface area contributed by atoms with E-state index in [4.69, 9.17) is 0 Å². The van der Waals surface area contributed by atoms with Crippen molar-refractivity contribution in [2.24, 2.45) is 11.8 Å². The largest absolute Gasteiger partial charge is 0.274 e. The van der Waals surface area contributed by atoms with E-state index in [-0.39, 0.29) is 11.8 Å². The predicted octanol–water partition coefficient (Wildman–Crippen LogP) is 6.10. The van der Waals surface area contributed by atoms with Crippen LogP contribution in [0.1, 0.15) is 36.1 Å². The Bertz CT molecular complexity index is 1410. The van der Waals surface area contributed by atoms with E-state index in [1.165, 1.54) is 27.2 Å². The van der Waals surface area contributed by atoms with E-state index in [0.29, 0.717) is 5.69 Å². The molecule has 2 unspecified atom stereocenters. The molecule has 4 aromatic rings. The van der Waals surface area contributed by atoms with Crippen LogP contribution in [-0.2, 0) is 20.4 Å². The van der Waals surface area contributed by atoms with Crippen LogP contribution in [0.4, 0.5) is 5.69 Å². The number of carbonyl (C=O) groups is 2. The highest BCUT2D eigenvalue weighted by molar-refractivity contribution is 6.25. The van der Waals surface area contributed by atoms with Crippen molar-refractivity contribution < 1.29 is 9.59 Å². The fourth-order valence-electron chi connectivity index (χ4n) is 7.34. The van der Waals surface area contributed by atoms with Gasteiger partial charge >= 0.3 is 0 Å². The Hall–Kier alpha value is -3.98. The number of hydrogen-bond donors (Lipinski definition) is 0. The minimum absolute atomic E-state index is 0.0962. The van der Waals surface area contributed by atoms with Crippen LogP contribution < -0.4 is 4.90 Å². The number of anilines is 1. The quantitative estimate of drug-likeness (QED) is 0.343. The molecule has 2 amide bonds. The summed E-state index contributed by atoms with van der Waals surface area (Å²) in [6.45, 7) is 4.33. The lowest BCUT2D eigenvalue weighted by Crippen LogP contribution is -2.59. The maximum absolute atomic E-state index is 14.4. The molecule has 0 saturated carbocycles. The van der Waals surface area contributed by atoms with Crippen molar-refractivity contribution in [2.75, 3.05) is 4.90 Å². The molecule has 2 atom stereocenters. The van der Waals surface area contributed by atoms with Gasteiger partial charge in [0.15, 0.2) is 0 Å². The van der Waals surface area contributed by atoms with Gasteiger partial charge in [0.2, 0.25) is 11.8 Å². The normalized spacial score (nSPS) is 28.0. The van der Waals surface area contributed by atoms with Crippen LogP contribution in [0, 0.1) is 11.8 Å². The summed E-state index contributed by atoms with van der Waals surface area (Å²) >= 11 is 0. The first-order valence-electron chi connectivity index (χ1n) is 12.2. The maximum atomic E-state index is 14.4. The molecular formula is C32H25NO2. The number of nitrogens with zero attached hydrogens (tertiary/aromatic N) is 1. The molecule has 1 aliphatic heterocycles. The monoisotopic (exact) mass is 455 g/mol. The zero-order chi connectivity index (χ0) is 23.9. The van der Waals surface area contributed by atoms with Gasteiger partial charge in [-0.1, -0.05) is 111 Å². The molecule has 4 aliphatic rings. The summed E-state index contributed by atoms with van der Waals surface area (Å²) < 4.78 is 0. The molecule has 1 saturated heterocycles. The molecule has 0 radical (unpaired) electrons. The Morgan fingerprint density at radius 3 is 1.43 bits per heavy atom. The molecule has 0 aromatic heterocycles. The molecular weight excluding hydrogens is 430 g/mol. The van der Waals surface area contributed by atoms with Crippen LogP contribution in [0.5, 0.6) is 0 Å². The molecule has 8 rings (SSSR count). The van der Waals surface area contributed by atoms with Gasteiger partial charge in [-0.05, 0) is 33.9 Å². The zero-order valence-corrected chi connectivity index (χ0v) is 19.7. The molecule has 2 bridgehead atoms. The first kappa shape index (κ1) is 20.4. The number of imide groups is 1. The summed E-state index contributed by atoms with van der Waals surface area (Å²) in [4.78, 5) is 30.3. The number of carbonyl (C=O) groups excluding carboxylic acids is 2. The summed E-state index contributed by atoms with van der Waals surface area (Å²) in [6, 6.07) is 34.6. The van der Waals surface area contributed by atoms with Crippen molar-refractivity contribution in [3.05, 3.63) is 125 Å². The second-order valence-corrected chi connectivity index (χ2v) is 10.3. The topological polar surface area (TPSA) is 37.4 Å². The highest BCUT2D eigenvalue weighted by atomic mass is 16.2. The van der Waals surface area contributed by atoms with Crippen LogP contribution in [-0.4, -0.2) is 11.8 Å². The minimum atomic E-state index is -0.571. The van der Waals surface area contributed by atoms with Crippen molar-refractivity contribution in [1.82, 2.24) is 0 Å². The summed E-state index contributed by atoms with van der Waals surface area (Å²) in [6.07, 6.45) is 0. The first-order valence-corrected chi connectivity index (χ1v) is 12.2. The van der Waals surface area contributed by atoms with Crippen molar-refractivity contribution in [1.29, 1.82) is 0 Å². The predicted molar refractivity (Wildman–Crippen MR) is 137 cm³/mol. The average molecular weight is 456 g/mol. The van der Waals surface area contributed by atoms with E-state index in [0.717, 1.165) is 11.1 Å². The standard InChI is InChI=1S/C32H25NO2/c1-31-22-15-7-9-17-24(22)32(2,25-18-10-8-16-23(25)31)28-27(31)29(34)33(30(28)35)26-19-11-6-14-21(26)20-12-4-3-5-13-20/h3-19,27-28H,1-2H3. The Kier molecular flexibility index (Phi) is 3.96. The SMILES string of the molecule is CC12c3ccccc3C(C)(c3ccccc31)C1C(=O)N(c3ccccc3-c3ccccc3)C(=O)C12. The van der Waals surface area contributed by atoms with Crippen LogP contribution in [0.2, 0.25) is 0 Å². The molecule has 35 heavy (non-hydrogen) atoms. The number of hydrogen-bond acceptors (Lipinski definition) is 2. The van der Waals surface area contributed by atoms with Crippen LogP contribution >= 0.6 is 0 Å². The highest BCUT2D eigenvalue weighted by Crippen LogP contribution is 2.66. The minimum Gasteiger partial charge on any atom is -0.274 e. The fourth-order valence-corrected chi connectivity index (χ4v) is 7.34. The number of benzene rings is 4. The highest BCUT2D eigenvalue weighted by Gasteiger charge is 2.70. The molecule has 1 fully saturated rings. The van der Waals surface area contributed by atoms with E-state index < -0.39 is 22.7 Å². The van der Waals surface area contributed by atoms with Gasteiger partial charge in [0, 0.05) is 16.4 Å². The van der Waals surface area contributed by atoms with Gasteiger partial charge < -0.3 is 0 Å². The summed E-state index contributed by atoms with van der Waals surface area (Å²) in [5.41, 5.74) is 6.09. The smallest absolute Gasteiger partial charge is 0.238 e. The summed E-state index contributed by atoms with van der Waals surface area (Å²) in [5.74, 6) is -1.09. The van der Waals surface area contributed by atoms with Crippen LogP contribution in [0.3, 0.4) is 0 Å². The van der Waals surface area contributed by atoms with Gasteiger partial charge in [-0.2, -0.15) is 0 Å². The molecule has 3 aliphatic carbocycles. The van der Waals surface area contributed by atoms with Gasteiger partial charge in [0.1, 0.15) is 0 Å². The van der Waals surface area contributed by atoms with E-state index in [1.54, 1.807) is 0 Å². The Morgan fingerprint density at radius 1 is 0.543 bits per heavy atom. The van der Waals surface area contributed by atoms with E-state index >= 15 is 0 Å². The van der Waals surface area contributed by atoms with Crippen molar-refractivity contribution in [2.45, 2.75) is 24.7 Å². The summed E-state index contributed by atoms with van der Waals surface area (Å²) in [5, 5.41) is 0. The third kappa shape index (κ3) is 2.31. The first-order chi connectivity index (χ1) is 17.0. The van der Waals surface area contributed by atoms with Crippen molar-refractivity contribution >= 4 is 17.5 Å². The van der Waals surface area contributed by atoms with E-state index in [1.807, 2.05) is 54.6 Å². The van der Waals surface area contributed by atoms with Gasteiger partial charge in [0.05, 0.1) is 17.5 Å². The van der Waals surface area contributed by atoms with Gasteiger partial charge in [-0.3, -0.25) is 9.59 Å². The Balaban J connectivity index is 1.49. The third-order valence-corrected chi connectivity index (χ3v) is 8.87. The van der Waals surface area contributed by atoms with Crippen molar-refractivity contribution in [3.8, 4) is 11.1 Å². The van der Waals surface area contributed by atoms with Crippen LogP contribution in [0.15, 0.2) is 103 Å². The molecule has 0 N–H and O–H groups in total. The lowest BCUT2D eigenvalue weighted by molar-refractivity contribution is -0.124. The Morgan fingerprint density at radius 2 is 0.943 bits per heavy atom. The van der Waals surface area contributed by atoms with Crippen molar-refractivity contribution in [3.63, 3.8) is 0 Å². The molecule has 3 nitrogen and oxygen atoms in total. The third-order valence-electron chi connectivity index (χ3n) is 8.87. The number of para-hydroxylation sites is 1. The van der Waals surface area contributed by atoms with Gasteiger partial charge in [-0.25, -0.2) is 4.90 Å². The lowest BCUT2D eigenvalue weighted by atomic mass is 9.42. The average Bonchev–Trinajstić information content (AvgIpc) is 3.18. The van der Waals surface area contributed by atoms with Gasteiger partial charge in [0.25, 0.3) is 0 Å². The molecule has 170 valence electrons. The number of rotatable bonds is 2. The Labute approximate surface area is 205 Å². The molecule has 3 heteroatoms. The number of amides is 2. The molecule has 4 aromatic carbocycles. The fraction of sp³-hybridized carbons (Fsp3) is 0.188. The molecule has 0 spiro atoms. The molecule has 1 heterocycles. The van der Waals surface area contributed by atoms with Crippen LogP contribution in [0.25, 0.3) is 11.1 Å². The van der Waals surface area contributed by atoms with Gasteiger partial charge in [-0.15, -0.1) is 0 Å². The second-order valence-electron chi connectivity index (χ2n) is 10.3. The second kappa shape index (κ2) is 6.79. The zero-order valence-electron chi connectivity index (χ0n) is 19.7. The lowest BCUT2D eigenvalue weighted by Gasteiger charge is -2.57. The summed E-state index contributed by atoms with van der Waals surface area (Å²) in [7, 11) is 0. The van der Waals surface area contributed by atoms with E-state index in [2.05, 4.69) is 62.4 Å². The maximum Gasteiger partial charge on any atom is 0.238 e. The van der Waals surface area contributed by atoms with E-state index in [9.17, 15) is 9.59 Å².